The van der Waals surface area contributed by atoms with Crippen LogP contribution in [0.25, 0.3) is 5.57 Å². The Bertz CT molecular complexity index is 723. The third-order valence-corrected chi connectivity index (χ3v) is 4.33. The van der Waals surface area contributed by atoms with Gasteiger partial charge in [0, 0.05) is 15.5 Å². The topological polar surface area (TPSA) is 26.3 Å². The van der Waals surface area contributed by atoms with Crippen LogP contribution in [-0.2, 0) is 9.53 Å². The molecule has 3 rings (SSSR count). The summed E-state index contributed by atoms with van der Waals surface area (Å²) in [4.78, 5) is 12.9. The van der Waals surface area contributed by atoms with Gasteiger partial charge in [0.2, 0.25) is 0 Å². The summed E-state index contributed by atoms with van der Waals surface area (Å²) in [6.07, 6.45) is 3.13. The van der Waals surface area contributed by atoms with Crippen molar-refractivity contribution in [3.05, 3.63) is 74.6 Å². The lowest BCUT2D eigenvalue weighted by atomic mass is 9.98. The zero-order valence-corrected chi connectivity index (χ0v) is 12.3. The average Bonchev–Trinajstić information content (AvgIpc) is 3.03. The zero-order chi connectivity index (χ0) is 14.1. The fraction of sp³-hybridized carbons (Fsp3) is 0.0625. The molecule has 20 heavy (non-hydrogen) atoms. The van der Waals surface area contributed by atoms with Gasteiger partial charge in [-0.1, -0.05) is 23.7 Å². The highest BCUT2D eigenvalue weighted by Gasteiger charge is 2.21. The minimum Gasteiger partial charge on any atom is -0.431 e. The number of cyclic esters (lactones) is 1. The van der Waals surface area contributed by atoms with Gasteiger partial charge in [-0.15, -0.1) is 11.3 Å². The van der Waals surface area contributed by atoms with E-state index in [1.165, 1.54) is 11.8 Å². The van der Waals surface area contributed by atoms with Crippen molar-refractivity contribution in [1.82, 2.24) is 0 Å². The quantitative estimate of drug-likeness (QED) is 0.599. The van der Waals surface area contributed by atoms with Crippen LogP contribution in [0.1, 0.15) is 16.0 Å². The van der Waals surface area contributed by atoms with E-state index in [4.69, 9.17) is 16.3 Å². The summed E-state index contributed by atoms with van der Waals surface area (Å²) < 4.78 is 4.92. The molecule has 0 saturated heterocycles. The van der Waals surface area contributed by atoms with Gasteiger partial charge in [0.05, 0.1) is 11.8 Å². The number of rotatable bonds is 2. The van der Waals surface area contributed by atoms with Crippen LogP contribution in [0.5, 0.6) is 0 Å². The van der Waals surface area contributed by atoms with Crippen LogP contribution in [0.15, 0.2) is 53.6 Å². The first-order valence-corrected chi connectivity index (χ1v) is 7.34. The Kier molecular flexibility index (Phi) is 3.47. The molecule has 1 aromatic heterocycles. The van der Waals surface area contributed by atoms with E-state index >= 15 is 0 Å². The molecule has 2 aromatic rings. The number of halogens is 1. The van der Waals surface area contributed by atoms with E-state index in [0.717, 1.165) is 16.0 Å². The SMILES string of the molecule is Cc1csc(C(=C2C=COC2=O)c2ccc(Cl)cc2)c1. The normalized spacial score (nSPS) is 16.4. The molecule has 1 aromatic carbocycles. The number of thiophene rings is 1. The Morgan fingerprint density at radius 3 is 2.55 bits per heavy atom. The third-order valence-electron chi connectivity index (χ3n) is 3.01. The van der Waals surface area contributed by atoms with Crippen molar-refractivity contribution in [2.75, 3.05) is 0 Å². The van der Waals surface area contributed by atoms with Crippen molar-refractivity contribution in [1.29, 1.82) is 0 Å². The largest absolute Gasteiger partial charge is 0.431 e. The highest BCUT2D eigenvalue weighted by atomic mass is 35.5. The summed E-state index contributed by atoms with van der Waals surface area (Å²) in [6, 6.07) is 9.54. The molecular weight excluding hydrogens is 292 g/mol. The fourth-order valence-corrected chi connectivity index (χ4v) is 3.20. The summed E-state index contributed by atoms with van der Waals surface area (Å²) >= 11 is 7.55. The molecule has 100 valence electrons. The molecule has 0 fully saturated rings. The Morgan fingerprint density at radius 2 is 2.00 bits per heavy atom. The third kappa shape index (κ3) is 2.42. The number of hydrogen-bond donors (Lipinski definition) is 0. The molecule has 2 nitrogen and oxygen atoms in total. The van der Waals surface area contributed by atoms with E-state index in [1.54, 1.807) is 17.4 Å². The van der Waals surface area contributed by atoms with Crippen LogP contribution in [0.4, 0.5) is 0 Å². The second kappa shape index (κ2) is 5.27. The number of benzene rings is 1. The molecule has 0 unspecified atom stereocenters. The van der Waals surface area contributed by atoms with Gasteiger partial charge in [0.25, 0.3) is 0 Å². The molecule has 0 N–H and O–H groups in total. The molecule has 4 heteroatoms. The van der Waals surface area contributed by atoms with Crippen molar-refractivity contribution >= 4 is 34.5 Å². The van der Waals surface area contributed by atoms with E-state index in [-0.39, 0.29) is 5.97 Å². The number of hydrogen-bond acceptors (Lipinski definition) is 3. The molecule has 2 heterocycles. The summed E-state index contributed by atoms with van der Waals surface area (Å²) in [5.74, 6) is -0.319. The van der Waals surface area contributed by atoms with Crippen LogP contribution in [0.3, 0.4) is 0 Å². The second-order valence-electron chi connectivity index (χ2n) is 4.49. The molecule has 0 atom stereocenters. The maximum Gasteiger partial charge on any atom is 0.343 e. The Morgan fingerprint density at radius 1 is 1.25 bits per heavy atom. The van der Waals surface area contributed by atoms with Gasteiger partial charge in [-0.3, -0.25) is 0 Å². The Hall–Kier alpha value is -1.84. The van der Waals surface area contributed by atoms with Gasteiger partial charge >= 0.3 is 5.97 Å². The predicted molar refractivity (Wildman–Crippen MR) is 81.8 cm³/mol. The maximum absolute atomic E-state index is 11.9. The van der Waals surface area contributed by atoms with Crippen molar-refractivity contribution < 1.29 is 9.53 Å². The second-order valence-corrected chi connectivity index (χ2v) is 5.84. The highest BCUT2D eigenvalue weighted by Crippen LogP contribution is 2.34. The summed E-state index contributed by atoms with van der Waals surface area (Å²) in [6.45, 7) is 2.03. The van der Waals surface area contributed by atoms with Gasteiger partial charge < -0.3 is 4.74 Å². The minimum atomic E-state index is -0.319. The fourth-order valence-electron chi connectivity index (χ4n) is 2.09. The van der Waals surface area contributed by atoms with Gasteiger partial charge in [0.15, 0.2) is 0 Å². The first-order valence-electron chi connectivity index (χ1n) is 6.08. The summed E-state index contributed by atoms with van der Waals surface area (Å²) in [5.41, 5.74) is 3.59. The van der Waals surface area contributed by atoms with Gasteiger partial charge in [-0.25, -0.2) is 4.79 Å². The van der Waals surface area contributed by atoms with Crippen molar-refractivity contribution in [2.24, 2.45) is 0 Å². The Balaban J connectivity index is 2.21. The van der Waals surface area contributed by atoms with E-state index in [9.17, 15) is 4.79 Å². The lowest BCUT2D eigenvalue weighted by molar-refractivity contribution is -0.132. The number of carbonyl (C=O) groups excluding carboxylic acids is 1. The molecule has 0 spiro atoms. The molecule has 0 bridgehead atoms. The monoisotopic (exact) mass is 302 g/mol. The lowest BCUT2D eigenvalue weighted by Gasteiger charge is -2.08. The first-order chi connectivity index (χ1) is 9.65. The molecule has 0 aliphatic carbocycles. The van der Waals surface area contributed by atoms with Crippen LogP contribution in [-0.4, -0.2) is 5.97 Å². The standard InChI is InChI=1S/C16H11ClO2S/c1-10-8-14(20-9-10)15(13-6-7-19-16(13)18)11-2-4-12(17)5-3-11/h2-9H,1H3. The molecule has 1 aliphatic heterocycles. The van der Waals surface area contributed by atoms with Crippen LogP contribution in [0, 0.1) is 6.92 Å². The number of aryl methyl sites for hydroxylation is 1. The lowest BCUT2D eigenvalue weighted by Crippen LogP contribution is -2.00. The number of ether oxygens (including phenoxy) is 1. The molecule has 0 saturated carbocycles. The molecule has 0 radical (unpaired) electrons. The average molecular weight is 303 g/mol. The van der Waals surface area contributed by atoms with Crippen molar-refractivity contribution in [3.8, 4) is 0 Å². The molecule has 0 amide bonds. The smallest absolute Gasteiger partial charge is 0.343 e. The summed E-state index contributed by atoms with van der Waals surface area (Å²) in [5, 5.41) is 2.74. The number of carbonyl (C=O) groups is 1. The van der Waals surface area contributed by atoms with E-state index in [2.05, 4.69) is 11.4 Å². The molecular formula is C16H11ClO2S. The first kappa shape index (κ1) is 13.2. The van der Waals surface area contributed by atoms with Crippen molar-refractivity contribution in [2.45, 2.75) is 6.92 Å². The van der Waals surface area contributed by atoms with Gasteiger partial charge in [0.1, 0.15) is 0 Å². The van der Waals surface area contributed by atoms with E-state index in [1.807, 2.05) is 31.2 Å². The maximum atomic E-state index is 11.9. The highest BCUT2D eigenvalue weighted by molar-refractivity contribution is 7.11. The van der Waals surface area contributed by atoms with Crippen LogP contribution in [0.2, 0.25) is 5.02 Å². The van der Waals surface area contributed by atoms with E-state index in [0.29, 0.717) is 10.6 Å². The van der Waals surface area contributed by atoms with E-state index < -0.39 is 0 Å². The minimum absolute atomic E-state index is 0.319. The number of esters is 1. The Labute approximate surface area is 126 Å². The van der Waals surface area contributed by atoms with Crippen LogP contribution >= 0.6 is 22.9 Å². The molecule has 1 aliphatic rings. The van der Waals surface area contributed by atoms with Crippen molar-refractivity contribution in [3.63, 3.8) is 0 Å². The van der Waals surface area contributed by atoms with Crippen LogP contribution < -0.4 is 0 Å². The zero-order valence-electron chi connectivity index (χ0n) is 10.7. The predicted octanol–water partition coefficient (Wildman–Crippen LogP) is 4.58. The van der Waals surface area contributed by atoms with Gasteiger partial charge in [-0.05, 0) is 47.7 Å². The van der Waals surface area contributed by atoms with Gasteiger partial charge in [-0.2, -0.15) is 0 Å². The summed E-state index contributed by atoms with van der Waals surface area (Å²) in [7, 11) is 0.